The van der Waals surface area contributed by atoms with Gasteiger partial charge in [0.1, 0.15) is 54.9 Å². The van der Waals surface area contributed by atoms with Gasteiger partial charge in [0, 0.05) is 105 Å². The summed E-state index contributed by atoms with van der Waals surface area (Å²) < 4.78 is 33.8. The van der Waals surface area contributed by atoms with Crippen LogP contribution in [-0.4, -0.2) is 133 Å². The van der Waals surface area contributed by atoms with Gasteiger partial charge in [-0.1, -0.05) is 134 Å². The van der Waals surface area contributed by atoms with Crippen molar-refractivity contribution >= 4 is 142 Å². The number of ether oxygens (including phenoxy) is 3. The zero-order chi connectivity index (χ0) is 62.7. The van der Waals surface area contributed by atoms with Crippen LogP contribution in [0.3, 0.4) is 0 Å². The van der Waals surface area contributed by atoms with Gasteiger partial charge in [-0.25, -0.2) is 29.9 Å². The van der Waals surface area contributed by atoms with Gasteiger partial charge in [0.05, 0.1) is 25.9 Å². The Balaban J connectivity index is 0.000000230. The number of aliphatic hydroxyl groups is 5. The van der Waals surface area contributed by atoms with E-state index in [1.807, 2.05) is 80.6 Å². The monoisotopic (exact) mass is 1370 g/mol. The first kappa shape index (κ1) is 65.5. The summed E-state index contributed by atoms with van der Waals surface area (Å²) in [6.07, 6.45) is -4.75. The Morgan fingerprint density at radius 3 is 1.39 bits per heavy atom. The fraction of sp³-hybridized carbons (Fsp3) is 0.263. The normalized spacial score (nSPS) is 19.9. The number of alkyl halides is 1. The van der Waals surface area contributed by atoms with Crippen molar-refractivity contribution in [2.75, 3.05) is 30.2 Å². The van der Waals surface area contributed by atoms with E-state index < -0.39 is 67.6 Å². The largest absolute Gasteiger partial charge is 0.394 e. The number of aromatic nitrogens is 8. The molecule has 87 heavy (non-hydrogen) atoms. The molecule has 4 aromatic heterocycles. The van der Waals surface area contributed by atoms with Gasteiger partial charge in [-0.15, -0.1) is 11.6 Å². The predicted molar refractivity (Wildman–Crippen MR) is 358 cm³/mol. The van der Waals surface area contributed by atoms with Gasteiger partial charge in [-0.05, 0) is 54.8 Å². The van der Waals surface area contributed by atoms with Gasteiger partial charge < -0.3 is 50.4 Å². The number of fused-ring (bicyclic) bond motifs is 2. The van der Waals surface area contributed by atoms with Gasteiger partial charge in [-0.3, -0.25) is 18.7 Å². The predicted octanol–water partition coefficient (Wildman–Crippen LogP) is 6.48. The first-order chi connectivity index (χ1) is 42.6. The summed E-state index contributed by atoms with van der Waals surface area (Å²) in [4.78, 5) is 50.6. The Labute approximate surface area is 538 Å². The Morgan fingerprint density at radius 1 is 0.609 bits per heavy atom. The number of nitrogens with one attached hydrogen (secondary N) is 2. The zero-order valence-electron chi connectivity index (χ0n) is 47.1. The molecule has 20 nitrogen and oxygen atoms in total. The highest BCUT2D eigenvalue weighted by atomic mass is 35.5. The molecule has 2 amide bonds. The number of carbonyl (C=O) groups excluding carboxylic acids is 2. The molecule has 9 atom stereocenters. The molecule has 0 aliphatic carbocycles. The van der Waals surface area contributed by atoms with E-state index in [9.17, 15) is 35.1 Å². The van der Waals surface area contributed by atoms with E-state index in [1.165, 1.54) is 52.2 Å². The number of anilines is 2. The van der Waals surface area contributed by atoms with E-state index in [-0.39, 0.29) is 37.5 Å². The minimum absolute atomic E-state index is 0. The highest BCUT2D eigenvalue weighted by molar-refractivity contribution is 8.72. The highest BCUT2D eigenvalue weighted by Crippen LogP contribution is 2.43. The van der Waals surface area contributed by atoms with Gasteiger partial charge >= 0.3 is 0 Å². The maximum absolute atomic E-state index is 12.8. The molecule has 3 unspecified atom stereocenters. The third-order valence-electron chi connectivity index (χ3n) is 13.4. The molecule has 2 aliphatic rings. The fourth-order valence-electron chi connectivity index (χ4n) is 9.27. The Hall–Kier alpha value is -5.91. The summed E-state index contributed by atoms with van der Waals surface area (Å²) in [6.45, 7) is 3.59. The maximum Gasteiger partial charge on any atom is 0.256 e. The van der Waals surface area contributed by atoms with Crippen LogP contribution in [0.1, 0.15) is 71.2 Å². The van der Waals surface area contributed by atoms with Crippen LogP contribution >= 0.6 is 11.6 Å². The molecule has 0 spiro atoms. The zero-order valence-corrected chi connectivity index (χ0v) is 53.2. The van der Waals surface area contributed by atoms with Crippen LogP contribution in [0.15, 0.2) is 165 Å². The quantitative estimate of drug-likeness (QED) is 0.0480. The average Bonchev–Trinajstić information content (AvgIpc) is 1.63. The number of halogens is 1. The minimum atomic E-state index is -1.32. The molecular formula is C57H59ClN10O10S9. The lowest BCUT2D eigenvalue weighted by atomic mass is 9.79. The van der Waals surface area contributed by atoms with Crippen molar-refractivity contribution < 1.29 is 52.1 Å². The molecule has 6 heterocycles. The molecule has 7 N–H and O–H groups in total. The number of imidazole rings is 2. The molecule has 30 heteroatoms. The third-order valence-corrected chi connectivity index (χ3v) is 26.7. The van der Waals surface area contributed by atoms with Crippen LogP contribution in [0.4, 0.5) is 11.6 Å². The summed E-state index contributed by atoms with van der Waals surface area (Å²) in [6, 6.07) is 43.8. The van der Waals surface area contributed by atoms with E-state index in [0.717, 1.165) is 27.8 Å². The number of rotatable bonds is 13. The molecule has 2 fully saturated rings. The van der Waals surface area contributed by atoms with E-state index in [0.29, 0.717) is 33.5 Å². The van der Waals surface area contributed by atoms with Crippen molar-refractivity contribution in [3.05, 3.63) is 204 Å². The van der Waals surface area contributed by atoms with Crippen molar-refractivity contribution in [3.63, 3.8) is 0 Å². The number of hydrogen-bond donors (Lipinski definition) is 7. The highest BCUT2D eigenvalue weighted by Gasteiger charge is 2.47. The topological polar surface area (TPSA) is 274 Å². The number of aryl methyl sites for hydroxylation is 2. The van der Waals surface area contributed by atoms with Crippen LogP contribution < -0.4 is 10.6 Å². The van der Waals surface area contributed by atoms with Crippen LogP contribution in [0.5, 0.6) is 0 Å². The lowest BCUT2D eigenvalue weighted by Crippen LogP contribution is -2.39. The molecule has 2 aliphatic heterocycles. The van der Waals surface area contributed by atoms with Crippen LogP contribution in [0.2, 0.25) is 0 Å². The molecule has 0 radical (unpaired) electrons. The van der Waals surface area contributed by atoms with E-state index in [4.69, 9.17) is 17.0 Å². The first-order valence-electron chi connectivity index (χ1n) is 26.7. The molecule has 9 aromatic rings. The summed E-state index contributed by atoms with van der Waals surface area (Å²) in [5, 5.41) is 57.4. The van der Waals surface area contributed by atoms with E-state index in [1.54, 1.807) is 92.9 Å². The second kappa shape index (κ2) is 33.6. The van der Waals surface area contributed by atoms with Crippen molar-refractivity contribution in [1.29, 1.82) is 0 Å². The number of carbonyl (C=O) groups is 2. The number of hydrogen-bond acceptors (Lipinski definition) is 18. The molecule has 2 saturated heterocycles. The lowest BCUT2D eigenvalue weighted by Gasteiger charge is -2.37. The molecule has 458 valence electrons. The Kier molecular flexibility index (Phi) is 25.3. The van der Waals surface area contributed by atoms with Crippen LogP contribution in [0, 0.1) is 13.8 Å². The Morgan fingerprint density at radius 2 is 0.989 bits per heavy atom. The minimum Gasteiger partial charge on any atom is -0.394 e. The van der Waals surface area contributed by atoms with Crippen LogP contribution in [-0.2, 0) is 104 Å². The standard InChI is InChI=1S/C38H35N5O5.C17H17N5O5.CH3Cl.CH4.S9/c1-24-13-17-28(18-14-24)38(27-11-7-4-8-12-27,29-19-15-25(2)16-20-29)47-21-30-32(44)33(45)37(48-30)43-23-41-31-34(39-22-40-35(31)43)42-36(46)26-9-5-3-6-10-26;23-6-10-12(24)13(25)17(27-10)22-8-20-11-14(18-7-19-15(11)22)21-16(26)9-4-2-1-3-5-9;1-2;;1-3-5-7-9-8-6-4-2/h3-20,22-23,30,32-33,37,44-45H,21H2,1-2H3,(H,39,40,42,46);1-5,7-8,10,12-13,17,23-25H,6H2,(H,18,19,21,26);1H3;1H4;/t30-,32?,33+,37-;10-,12?,13+,17-;;;/m11.../s1/i;;1TD;;. The maximum atomic E-state index is 12.8. The first-order valence-corrected chi connectivity index (χ1v) is 36.7. The number of aliphatic hydroxyl groups excluding tert-OH is 5. The Bertz CT molecular complexity index is 4060. The van der Waals surface area contributed by atoms with Crippen molar-refractivity contribution in [2.24, 2.45) is 0 Å². The van der Waals surface area contributed by atoms with Gasteiger partial charge in [0.25, 0.3) is 11.8 Å². The van der Waals surface area contributed by atoms with E-state index in [2.05, 4.69) is 98.8 Å². The van der Waals surface area contributed by atoms with Crippen molar-refractivity contribution in [2.45, 2.75) is 76.0 Å². The average molecular weight is 1370 g/mol. The molecule has 0 saturated carbocycles. The molecular weight excluding hydrogens is 1310 g/mol. The van der Waals surface area contributed by atoms with Gasteiger partial charge in [0.15, 0.2) is 46.4 Å². The number of nitrogens with zero attached hydrogens (tertiary/aromatic N) is 8. The lowest BCUT2D eigenvalue weighted by molar-refractivity contribution is -0.0942. The second-order valence-corrected chi connectivity index (χ2v) is 31.0. The number of benzene rings is 5. The summed E-state index contributed by atoms with van der Waals surface area (Å²) in [5.41, 5.74) is 6.10. The summed E-state index contributed by atoms with van der Waals surface area (Å²) in [7, 11) is 10.9. The summed E-state index contributed by atoms with van der Waals surface area (Å²) in [5.74, 6) is -0.277. The molecule has 5 aromatic carbocycles. The van der Waals surface area contributed by atoms with Crippen LogP contribution in [0.25, 0.3) is 22.3 Å². The van der Waals surface area contributed by atoms with Crippen molar-refractivity contribution in [3.8, 4) is 0 Å². The fourth-order valence-corrected chi connectivity index (χ4v) is 23.0. The van der Waals surface area contributed by atoms with Crippen molar-refractivity contribution in [1.82, 2.24) is 39.0 Å². The third kappa shape index (κ3) is 16.5. The number of amides is 2. The van der Waals surface area contributed by atoms with Gasteiger partial charge in [-0.2, -0.15) is 0 Å². The molecule has 0 bridgehead atoms. The second-order valence-electron chi connectivity index (χ2n) is 18.6. The van der Waals surface area contributed by atoms with E-state index >= 15 is 0 Å². The molecule has 11 rings (SSSR count). The summed E-state index contributed by atoms with van der Waals surface area (Å²) >= 11 is 13.9. The smallest absolute Gasteiger partial charge is 0.256 e. The SMILES string of the molecule is C.Cc1ccc(C(OC[C@H]2O[C@@H](n3cnc4c(NC(=O)c5ccccc5)ncnc43)[C@@H](O)C2O)(c2ccccc2)c2ccc(C)cc2)cc1.O=C(Nc1ncnc2c1ncn2[C@@H]1O[C@H](CO)C(O)[C@@H]1O)c1ccccc1.S=S=S=S=S=S=S=S=S.[2H]C([3H])Cl. The van der Waals surface area contributed by atoms with Gasteiger partial charge in [0.2, 0.25) is 0 Å².